The molecule has 0 aliphatic rings. The van der Waals surface area contributed by atoms with Crippen LogP contribution in [0.1, 0.15) is 78.1 Å². The zero-order valence-corrected chi connectivity index (χ0v) is 16.3. The summed E-state index contributed by atoms with van der Waals surface area (Å²) in [4.78, 5) is 23.5. The van der Waals surface area contributed by atoms with Crippen LogP contribution in [-0.4, -0.2) is 63.1 Å². The largest absolute Gasteiger partial charge is 0.396 e. The summed E-state index contributed by atoms with van der Waals surface area (Å²) in [7, 11) is 0. The van der Waals surface area contributed by atoms with Crippen LogP contribution in [0.3, 0.4) is 0 Å². The van der Waals surface area contributed by atoms with E-state index in [1.165, 1.54) is 6.92 Å². The fourth-order valence-corrected chi connectivity index (χ4v) is 2.79. The van der Waals surface area contributed by atoms with Gasteiger partial charge >= 0.3 is 0 Å². The fraction of sp³-hybridized carbons (Fsp3) is 0.895. The molecule has 26 heavy (non-hydrogen) atoms. The van der Waals surface area contributed by atoms with E-state index in [9.17, 15) is 19.8 Å². The Morgan fingerprint density at radius 2 is 1.31 bits per heavy atom. The number of hydrogen-bond donors (Lipinski definition) is 5. The van der Waals surface area contributed by atoms with Gasteiger partial charge in [0.1, 0.15) is 5.78 Å². The number of nitrogens with one attached hydrogen (secondary N) is 1. The lowest BCUT2D eigenvalue weighted by Gasteiger charge is -2.21. The predicted molar refractivity (Wildman–Crippen MR) is 99.6 cm³/mol. The average molecular weight is 376 g/mol. The van der Waals surface area contributed by atoms with Gasteiger partial charge in [0, 0.05) is 32.6 Å². The molecule has 0 saturated heterocycles. The monoisotopic (exact) mass is 375 g/mol. The number of rotatable bonds is 16. The van der Waals surface area contributed by atoms with Gasteiger partial charge in [0.05, 0.1) is 17.6 Å². The number of carbonyl (C=O) groups excluding carboxylic acids is 2. The number of Topliss-reactive ketones (excluding diaryl/α,β-unsaturated/α-hetero) is 1. The molecule has 0 heterocycles. The minimum absolute atomic E-state index is 0.0181. The second-order valence-electron chi connectivity index (χ2n) is 7.70. The van der Waals surface area contributed by atoms with Gasteiger partial charge in [-0.15, -0.1) is 0 Å². The SMILES string of the molecule is CC(O)(CCO)CC(=O)CCCCCCCNC(=O)CC(C)(O)CCO. The number of unbranched alkanes of at least 4 members (excludes halogenated alkanes) is 4. The van der Waals surface area contributed by atoms with Gasteiger partial charge < -0.3 is 25.7 Å². The van der Waals surface area contributed by atoms with Crippen LogP contribution in [0.4, 0.5) is 0 Å². The Bertz CT molecular complexity index is 371. The average Bonchev–Trinajstić information content (AvgIpc) is 2.48. The Morgan fingerprint density at radius 3 is 1.88 bits per heavy atom. The Hall–Kier alpha value is -1.02. The quantitative estimate of drug-likeness (QED) is 0.257. The van der Waals surface area contributed by atoms with Gasteiger partial charge in [0.15, 0.2) is 0 Å². The van der Waals surface area contributed by atoms with E-state index in [4.69, 9.17) is 10.2 Å². The maximum atomic E-state index is 11.8. The highest BCUT2D eigenvalue weighted by atomic mass is 16.3. The lowest BCUT2D eigenvalue weighted by Crippen LogP contribution is -2.35. The molecule has 154 valence electrons. The second-order valence-corrected chi connectivity index (χ2v) is 7.70. The summed E-state index contributed by atoms with van der Waals surface area (Å²) in [5.41, 5.74) is -2.29. The number of hydrogen-bond acceptors (Lipinski definition) is 6. The molecule has 5 N–H and O–H groups in total. The van der Waals surface area contributed by atoms with Crippen molar-refractivity contribution in [2.45, 2.75) is 89.3 Å². The highest BCUT2D eigenvalue weighted by Gasteiger charge is 2.24. The molecule has 0 fully saturated rings. The standard InChI is InChI=1S/C19H37NO6/c1-18(25,9-12-21)14-16(23)8-6-4-3-5-7-11-20-17(24)15-19(2,26)10-13-22/h21-22,25-26H,3-15H2,1-2H3,(H,20,24). The van der Waals surface area contributed by atoms with Crippen molar-refractivity contribution < 1.29 is 30.0 Å². The smallest absolute Gasteiger partial charge is 0.222 e. The zero-order chi connectivity index (χ0) is 20.1. The Kier molecular flexibility index (Phi) is 12.7. The molecule has 7 heteroatoms. The molecule has 0 aromatic heterocycles. The van der Waals surface area contributed by atoms with Crippen LogP contribution in [0.5, 0.6) is 0 Å². The van der Waals surface area contributed by atoms with E-state index in [1.54, 1.807) is 6.92 Å². The van der Waals surface area contributed by atoms with Crippen LogP contribution in [0, 0.1) is 0 Å². The van der Waals surface area contributed by atoms with E-state index in [2.05, 4.69) is 5.32 Å². The van der Waals surface area contributed by atoms with Crippen LogP contribution in [0.2, 0.25) is 0 Å². The molecule has 0 aliphatic heterocycles. The Balaban J connectivity index is 3.62. The predicted octanol–water partition coefficient (Wildman–Crippen LogP) is 1.06. The maximum absolute atomic E-state index is 11.8. The fourth-order valence-electron chi connectivity index (χ4n) is 2.79. The minimum Gasteiger partial charge on any atom is -0.396 e. The topological polar surface area (TPSA) is 127 Å². The lowest BCUT2D eigenvalue weighted by atomic mass is 9.94. The van der Waals surface area contributed by atoms with Gasteiger partial charge in [0.25, 0.3) is 0 Å². The van der Waals surface area contributed by atoms with Crippen molar-refractivity contribution in [3.8, 4) is 0 Å². The normalized spacial score (nSPS) is 15.9. The van der Waals surface area contributed by atoms with Crippen molar-refractivity contribution in [3.63, 3.8) is 0 Å². The summed E-state index contributed by atoms with van der Waals surface area (Å²) < 4.78 is 0. The van der Waals surface area contributed by atoms with Gasteiger partial charge in [0.2, 0.25) is 5.91 Å². The highest BCUT2D eigenvalue weighted by molar-refractivity contribution is 5.79. The molecular weight excluding hydrogens is 338 g/mol. The molecule has 0 radical (unpaired) electrons. The first-order chi connectivity index (χ1) is 12.1. The number of amides is 1. The third-order valence-electron chi connectivity index (χ3n) is 4.37. The van der Waals surface area contributed by atoms with Crippen LogP contribution >= 0.6 is 0 Å². The lowest BCUT2D eigenvalue weighted by molar-refractivity contribution is -0.126. The number of carbonyl (C=O) groups is 2. The van der Waals surface area contributed by atoms with Gasteiger partial charge in [-0.2, -0.15) is 0 Å². The molecule has 1 amide bonds. The van der Waals surface area contributed by atoms with Crippen molar-refractivity contribution >= 4 is 11.7 Å². The summed E-state index contributed by atoms with van der Waals surface area (Å²) in [6, 6.07) is 0. The van der Waals surface area contributed by atoms with Crippen molar-refractivity contribution in [3.05, 3.63) is 0 Å². The van der Waals surface area contributed by atoms with Gasteiger partial charge in [-0.25, -0.2) is 0 Å². The van der Waals surface area contributed by atoms with Crippen molar-refractivity contribution in [2.24, 2.45) is 0 Å². The molecule has 0 aromatic carbocycles. The first-order valence-electron chi connectivity index (χ1n) is 9.57. The summed E-state index contributed by atoms with van der Waals surface area (Å²) in [5, 5.41) is 40.1. The summed E-state index contributed by atoms with van der Waals surface area (Å²) in [6.07, 6.45) is 5.36. The van der Waals surface area contributed by atoms with E-state index >= 15 is 0 Å². The maximum Gasteiger partial charge on any atom is 0.222 e. The van der Waals surface area contributed by atoms with E-state index < -0.39 is 11.2 Å². The third-order valence-corrected chi connectivity index (χ3v) is 4.37. The van der Waals surface area contributed by atoms with Crippen LogP contribution in [-0.2, 0) is 9.59 Å². The van der Waals surface area contributed by atoms with E-state index in [0.29, 0.717) is 13.0 Å². The summed E-state index contributed by atoms with van der Waals surface area (Å²) >= 11 is 0. The van der Waals surface area contributed by atoms with Crippen LogP contribution in [0.15, 0.2) is 0 Å². The Morgan fingerprint density at radius 1 is 0.808 bits per heavy atom. The molecule has 0 bridgehead atoms. The first-order valence-corrected chi connectivity index (χ1v) is 9.57. The number of aliphatic hydroxyl groups is 4. The molecule has 0 aromatic rings. The molecule has 0 spiro atoms. The number of ketones is 1. The van der Waals surface area contributed by atoms with Crippen molar-refractivity contribution in [2.75, 3.05) is 19.8 Å². The van der Waals surface area contributed by atoms with Crippen LogP contribution in [0.25, 0.3) is 0 Å². The highest BCUT2D eigenvalue weighted by Crippen LogP contribution is 2.17. The molecule has 0 aliphatic carbocycles. The van der Waals surface area contributed by atoms with Gasteiger partial charge in [-0.05, 0) is 39.5 Å². The minimum atomic E-state index is -1.17. The first kappa shape index (κ1) is 25.0. The molecule has 2 atom stereocenters. The zero-order valence-electron chi connectivity index (χ0n) is 16.3. The van der Waals surface area contributed by atoms with E-state index in [-0.39, 0.29) is 50.6 Å². The third kappa shape index (κ3) is 14.2. The van der Waals surface area contributed by atoms with Gasteiger partial charge in [-0.3, -0.25) is 9.59 Å². The molecule has 7 nitrogen and oxygen atoms in total. The molecular formula is C19H37NO6. The molecule has 0 rings (SSSR count). The van der Waals surface area contributed by atoms with Crippen molar-refractivity contribution in [1.29, 1.82) is 0 Å². The molecule has 2 unspecified atom stereocenters. The second kappa shape index (κ2) is 13.2. The summed E-state index contributed by atoms with van der Waals surface area (Å²) in [5.74, 6) is -0.199. The van der Waals surface area contributed by atoms with Crippen LogP contribution < -0.4 is 5.32 Å². The van der Waals surface area contributed by atoms with Gasteiger partial charge in [-0.1, -0.05) is 19.3 Å². The molecule has 0 saturated carbocycles. The Labute approximate surface area is 156 Å². The van der Waals surface area contributed by atoms with Crippen molar-refractivity contribution in [1.82, 2.24) is 5.32 Å². The summed E-state index contributed by atoms with van der Waals surface area (Å²) in [6.45, 7) is 3.38. The van der Waals surface area contributed by atoms with E-state index in [1.807, 2.05) is 0 Å². The number of aliphatic hydroxyl groups excluding tert-OH is 2. The van der Waals surface area contributed by atoms with E-state index in [0.717, 1.165) is 32.1 Å².